The number of hydrogen-bond acceptors (Lipinski definition) is 2. The van der Waals surface area contributed by atoms with Gasteiger partial charge in [0, 0.05) is 17.4 Å². The van der Waals surface area contributed by atoms with Gasteiger partial charge in [0.05, 0.1) is 10.4 Å². The zero-order valence-corrected chi connectivity index (χ0v) is 17.0. The molecule has 0 amide bonds. The molecule has 4 atom stereocenters. The fourth-order valence-electron chi connectivity index (χ4n) is 4.61. The minimum Gasteiger partial charge on any atom is -0.487 e. The summed E-state index contributed by atoms with van der Waals surface area (Å²) in [5.74, 6) is 1.62. The van der Waals surface area contributed by atoms with Gasteiger partial charge in [-0.1, -0.05) is 59.8 Å². The number of unbranched alkanes of at least 4 members (excludes halogenated alkanes) is 2. The number of aliphatic hydroxyl groups is 1. The normalized spacial score (nSPS) is 37.4. The molecule has 0 aromatic rings. The van der Waals surface area contributed by atoms with Crippen molar-refractivity contribution in [3.8, 4) is 0 Å². The van der Waals surface area contributed by atoms with Crippen molar-refractivity contribution in [1.82, 2.24) is 0 Å². The van der Waals surface area contributed by atoms with E-state index in [0.29, 0.717) is 11.8 Å². The Morgan fingerprint density at radius 3 is 2.79 bits per heavy atom. The summed E-state index contributed by atoms with van der Waals surface area (Å²) in [5.41, 5.74) is 2.35. The van der Waals surface area contributed by atoms with Crippen molar-refractivity contribution in [3.05, 3.63) is 35.1 Å². The van der Waals surface area contributed by atoms with Gasteiger partial charge in [0.1, 0.15) is 11.4 Å². The van der Waals surface area contributed by atoms with Crippen LogP contribution in [0.1, 0.15) is 66.2 Å². The molecule has 0 aromatic carbocycles. The maximum absolute atomic E-state index is 11.3. The molecule has 0 fully saturated rings. The average molecular weight is 395 g/mol. The van der Waals surface area contributed by atoms with E-state index in [1.54, 1.807) is 0 Å². The zero-order chi connectivity index (χ0) is 17.5. The second kappa shape index (κ2) is 6.64. The number of ether oxygens (including phenoxy) is 1. The summed E-state index contributed by atoms with van der Waals surface area (Å²) in [6.07, 6.45) is 12.8. The molecule has 3 heteroatoms. The summed E-state index contributed by atoms with van der Waals surface area (Å²) < 4.78 is 6.00. The number of rotatable bonds is 4. The van der Waals surface area contributed by atoms with Crippen LogP contribution in [0.5, 0.6) is 0 Å². The van der Waals surface area contributed by atoms with Gasteiger partial charge in [0.25, 0.3) is 0 Å². The van der Waals surface area contributed by atoms with Crippen molar-refractivity contribution in [3.63, 3.8) is 0 Å². The van der Waals surface area contributed by atoms with Crippen molar-refractivity contribution >= 4 is 15.9 Å². The number of halogens is 1. The minimum absolute atomic E-state index is 0.181. The highest BCUT2D eigenvalue weighted by atomic mass is 79.9. The van der Waals surface area contributed by atoms with Crippen LogP contribution in [0.4, 0.5) is 0 Å². The van der Waals surface area contributed by atoms with Crippen LogP contribution < -0.4 is 0 Å². The molecule has 134 valence electrons. The second-order valence-corrected chi connectivity index (χ2v) is 9.81. The van der Waals surface area contributed by atoms with Gasteiger partial charge in [-0.25, -0.2) is 0 Å². The third-order valence-electron chi connectivity index (χ3n) is 6.08. The van der Waals surface area contributed by atoms with E-state index in [-0.39, 0.29) is 9.93 Å². The van der Waals surface area contributed by atoms with E-state index in [1.807, 2.05) is 0 Å². The molecule has 2 aliphatic carbocycles. The largest absolute Gasteiger partial charge is 0.487 e. The number of alkyl halides is 1. The Morgan fingerprint density at radius 1 is 1.33 bits per heavy atom. The van der Waals surface area contributed by atoms with Crippen LogP contribution in [0, 0.1) is 11.8 Å². The van der Waals surface area contributed by atoms with Gasteiger partial charge in [0.2, 0.25) is 0 Å². The quantitative estimate of drug-likeness (QED) is 0.378. The molecule has 24 heavy (non-hydrogen) atoms. The third kappa shape index (κ3) is 3.14. The lowest BCUT2D eigenvalue weighted by molar-refractivity contribution is -0.0569. The van der Waals surface area contributed by atoms with Gasteiger partial charge >= 0.3 is 0 Å². The standard InChI is InChI=1S/C21H31BrO2/c1-5-6-7-11-21(22)12-10-17-18(19(21)23)15-13-14(2)8-9-16(15)20(3,4)24-17/h10,12-13,15-16,19,23H,5-9,11H2,1-4H3/t15-,16-,19?,21?/m1/s1. The van der Waals surface area contributed by atoms with Crippen LogP contribution in [0.15, 0.2) is 35.1 Å². The van der Waals surface area contributed by atoms with E-state index in [4.69, 9.17) is 4.74 Å². The van der Waals surface area contributed by atoms with Crippen LogP contribution in [0.3, 0.4) is 0 Å². The van der Waals surface area contributed by atoms with Gasteiger partial charge in [-0.15, -0.1) is 0 Å². The molecule has 3 aliphatic rings. The molecule has 1 heterocycles. The van der Waals surface area contributed by atoms with Gasteiger partial charge in [-0.2, -0.15) is 0 Å². The van der Waals surface area contributed by atoms with Crippen LogP contribution in [-0.4, -0.2) is 21.1 Å². The molecule has 1 N–H and O–H groups in total. The number of fused-ring (bicyclic) bond motifs is 2. The lowest BCUT2D eigenvalue weighted by Gasteiger charge is -2.50. The lowest BCUT2D eigenvalue weighted by Crippen LogP contribution is -2.50. The SMILES string of the molecule is CCCCCC1(Br)C=CC2=C(C1O)[C@@H]1C=C(C)CC[C@H]1C(C)(C)O2. The Balaban J connectivity index is 1.95. The molecule has 2 unspecified atom stereocenters. The molecule has 0 aromatic heterocycles. The Morgan fingerprint density at radius 2 is 2.08 bits per heavy atom. The summed E-state index contributed by atoms with van der Waals surface area (Å²) in [6, 6.07) is 0. The van der Waals surface area contributed by atoms with E-state index in [9.17, 15) is 5.11 Å². The van der Waals surface area contributed by atoms with Crippen LogP contribution in [-0.2, 0) is 4.74 Å². The molecule has 0 saturated heterocycles. The Kier molecular flexibility index (Phi) is 5.05. The maximum atomic E-state index is 11.3. The molecule has 0 bridgehead atoms. The molecule has 3 rings (SSSR count). The van der Waals surface area contributed by atoms with Crippen molar-refractivity contribution in [2.24, 2.45) is 11.8 Å². The van der Waals surface area contributed by atoms with Gasteiger partial charge in [-0.3, -0.25) is 0 Å². The predicted octanol–water partition coefficient (Wildman–Crippen LogP) is 5.67. The molecule has 0 saturated carbocycles. The van der Waals surface area contributed by atoms with E-state index in [1.165, 1.54) is 18.4 Å². The van der Waals surface area contributed by atoms with Crippen molar-refractivity contribution in [1.29, 1.82) is 0 Å². The van der Waals surface area contributed by atoms with Gasteiger partial charge in [0.15, 0.2) is 0 Å². The van der Waals surface area contributed by atoms with Crippen molar-refractivity contribution < 1.29 is 9.84 Å². The molecule has 1 aliphatic heterocycles. The lowest BCUT2D eigenvalue weighted by atomic mass is 9.65. The van der Waals surface area contributed by atoms with Crippen LogP contribution in [0.2, 0.25) is 0 Å². The first-order chi connectivity index (χ1) is 11.3. The smallest absolute Gasteiger partial charge is 0.122 e. The molecule has 2 nitrogen and oxygen atoms in total. The monoisotopic (exact) mass is 394 g/mol. The fraction of sp³-hybridized carbons (Fsp3) is 0.714. The summed E-state index contributed by atoms with van der Waals surface area (Å²) in [6.45, 7) is 8.82. The average Bonchev–Trinajstić information content (AvgIpc) is 2.51. The first kappa shape index (κ1) is 18.3. The highest BCUT2D eigenvalue weighted by molar-refractivity contribution is 9.10. The number of aliphatic hydroxyl groups excluding tert-OH is 1. The summed E-state index contributed by atoms with van der Waals surface area (Å²) in [7, 11) is 0. The van der Waals surface area contributed by atoms with E-state index < -0.39 is 6.10 Å². The molecule has 0 spiro atoms. The summed E-state index contributed by atoms with van der Waals surface area (Å²) in [5, 5.41) is 11.3. The zero-order valence-electron chi connectivity index (χ0n) is 15.4. The van der Waals surface area contributed by atoms with E-state index in [2.05, 4.69) is 61.9 Å². The van der Waals surface area contributed by atoms with Crippen molar-refractivity contribution in [2.45, 2.75) is 82.2 Å². The summed E-state index contributed by atoms with van der Waals surface area (Å²) >= 11 is 3.87. The van der Waals surface area contributed by atoms with Crippen molar-refractivity contribution in [2.75, 3.05) is 0 Å². The predicted molar refractivity (Wildman–Crippen MR) is 103 cm³/mol. The van der Waals surface area contributed by atoms with Crippen LogP contribution in [0.25, 0.3) is 0 Å². The number of allylic oxidation sites excluding steroid dienone is 3. The highest BCUT2D eigenvalue weighted by Crippen LogP contribution is 2.52. The van der Waals surface area contributed by atoms with Gasteiger partial charge in [-0.05, 0) is 46.1 Å². The second-order valence-electron chi connectivity index (χ2n) is 8.33. The minimum atomic E-state index is -0.514. The molecular formula is C21H31BrO2. The summed E-state index contributed by atoms with van der Waals surface area (Å²) in [4.78, 5) is 0. The molecular weight excluding hydrogens is 364 g/mol. The Hall–Kier alpha value is -0.540. The first-order valence-corrected chi connectivity index (χ1v) is 10.2. The van der Waals surface area contributed by atoms with Gasteiger partial charge < -0.3 is 9.84 Å². The first-order valence-electron chi connectivity index (χ1n) is 9.45. The van der Waals surface area contributed by atoms with Crippen LogP contribution >= 0.6 is 15.9 Å². The Labute approximate surface area is 155 Å². The van der Waals surface area contributed by atoms with E-state index >= 15 is 0 Å². The fourth-order valence-corrected chi connectivity index (χ4v) is 5.27. The topological polar surface area (TPSA) is 29.5 Å². The Bertz CT molecular complexity index is 587. The third-order valence-corrected chi connectivity index (χ3v) is 7.18. The number of hydrogen-bond donors (Lipinski definition) is 1. The maximum Gasteiger partial charge on any atom is 0.122 e. The van der Waals surface area contributed by atoms with E-state index in [0.717, 1.165) is 37.0 Å². The molecule has 0 radical (unpaired) electrons. The highest BCUT2D eigenvalue weighted by Gasteiger charge is 2.50.